The lowest BCUT2D eigenvalue weighted by Gasteiger charge is -2.10. The molecule has 0 heterocycles. The van der Waals surface area contributed by atoms with Crippen LogP contribution in [0.1, 0.15) is 28.8 Å². The minimum Gasteiger partial charge on any atom is -0.464 e. The number of nitrogens with one attached hydrogen (secondary N) is 2. The quantitative estimate of drug-likeness (QED) is 0.661. The van der Waals surface area contributed by atoms with Crippen LogP contribution in [-0.4, -0.2) is 33.4 Å². The zero-order chi connectivity index (χ0) is 20.1. The number of aryl methyl sites for hydroxylation is 1. The van der Waals surface area contributed by atoms with Crippen molar-refractivity contribution >= 4 is 27.6 Å². The first-order chi connectivity index (χ1) is 13.3. The van der Waals surface area contributed by atoms with Gasteiger partial charge in [-0.05, 0) is 61.6 Å². The number of anilines is 1. The fraction of sp³-hybridized carbons (Fsp3) is 0.300. The number of sulfonamides is 1. The highest BCUT2D eigenvalue weighted by Crippen LogP contribution is 2.28. The van der Waals surface area contributed by atoms with E-state index in [1.807, 2.05) is 13.0 Å². The molecule has 0 bridgehead atoms. The van der Waals surface area contributed by atoms with Gasteiger partial charge in [-0.1, -0.05) is 18.2 Å². The third-order valence-electron chi connectivity index (χ3n) is 4.25. The predicted octanol–water partition coefficient (Wildman–Crippen LogP) is 2.48. The van der Waals surface area contributed by atoms with Gasteiger partial charge in [-0.3, -0.25) is 14.3 Å². The first-order valence-electron chi connectivity index (χ1n) is 8.97. The van der Waals surface area contributed by atoms with Crippen LogP contribution < -0.4 is 10.0 Å². The minimum atomic E-state index is -3.85. The van der Waals surface area contributed by atoms with E-state index in [-0.39, 0.29) is 17.0 Å². The Morgan fingerprint density at radius 3 is 2.57 bits per heavy atom. The van der Waals surface area contributed by atoms with Crippen LogP contribution in [0.5, 0.6) is 0 Å². The third-order valence-corrected chi connectivity index (χ3v) is 5.63. The van der Waals surface area contributed by atoms with Gasteiger partial charge in [0.05, 0.1) is 11.5 Å². The van der Waals surface area contributed by atoms with E-state index in [2.05, 4.69) is 10.0 Å². The maximum absolute atomic E-state index is 12.6. The molecule has 0 saturated heterocycles. The number of esters is 1. The normalized spacial score (nSPS) is 13.6. The molecule has 2 N–H and O–H groups in total. The molecule has 1 amide bonds. The van der Waals surface area contributed by atoms with Crippen LogP contribution in [0.3, 0.4) is 0 Å². The maximum Gasteiger partial charge on any atom is 0.325 e. The van der Waals surface area contributed by atoms with Crippen molar-refractivity contribution in [3.8, 4) is 0 Å². The summed E-state index contributed by atoms with van der Waals surface area (Å²) in [5.41, 5.74) is 1.50. The van der Waals surface area contributed by atoms with E-state index in [0.29, 0.717) is 18.2 Å². The molecule has 0 aromatic heterocycles. The molecule has 0 unspecified atom stereocenters. The van der Waals surface area contributed by atoms with Gasteiger partial charge >= 0.3 is 5.97 Å². The van der Waals surface area contributed by atoms with Crippen molar-refractivity contribution in [2.24, 2.45) is 5.92 Å². The lowest BCUT2D eigenvalue weighted by Crippen LogP contribution is -2.31. The lowest BCUT2D eigenvalue weighted by molar-refractivity contribution is -0.142. The van der Waals surface area contributed by atoms with Crippen molar-refractivity contribution < 1.29 is 22.7 Å². The van der Waals surface area contributed by atoms with Crippen LogP contribution in [0.2, 0.25) is 0 Å². The van der Waals surface area contributed by atoms with Gasteiger partial charge in [0, 0.05) is 11.3 Å². The number of amides is 1. The summed E-state index contributed by atoms with van der Waals surface area (Å²) in [7, 11) is -3.85. The minimum absolute atomic E-state index is 0.0435. The van der Waals surface area contributed by atoms with Gasteiger partial charge in [0.1, 0.15) is 6.54 Å². The van der Waals surface area contributed by atoms with Crippen molar-refractivity contribution in [3.63, 3.8) is 0 Å². The fourth-order valence-electron chi connectivity index (χ4n) is 2.53. The molecule has 7 nitrogen and oxygen atoms in total. The molecule has 3 rings (SSSR count). The number of hydrogen-bond acceptors (Lipinski definition) is 5. The molecule has 0 aliphatic heterocycles. The molecular weight excluding hydrogens is 380 g/mol. The van der Waals surface area contributed by atoms with Gasteiger partial charge in [0.2, 0.25) is 0 Å². The van der Waals surface area contributed by atoms with E-state index in [1.165, 1.54) is 24.3 Å². The Labute approximate surface area is 164 Å². The molecule has 1 aliphatic rings. The Morgan fingerprint density at radius 2 is 1.86 bits per heavy atom. The van der Waals surface area contributed by atoms with Gasteiger partial charge in [-0.25, -0.2) is 8.42 Å². The molecule has 8 heteroatoms. The predicted molar refractivity (Wildman–Crippen MR) is 104 cm³/mol. The average molecular weight is 402 g/mol. The zero-order valence-electron chi connectivity index (χ0n) is 15.5. The average Bonchev–Trinajstić information content (AvgIpc) is 3.48. The number of ether oxygens (including phenoxy) is 1. The van der Waals surface area contributed by atoms with Gasteiger partial charge in [0.15, 0.2) is 0 Å². The Morgan fingerprint density at radius 1 is 1.11 bits per heavy atom. The summed E-state index contributed by atoms with van der Waals surface area (Å²) in [5, 5.41) is 2.45. The molecule has 1 aliphatic carbocycles. The molecule has 1 fully saturated rings. The van der Waals surface area contributed by atoms with Crippen molar-refractivity contribution in [1.82, 2.24) is 5.32 Å². The Bertz CT molecular complexity index is 984. The van der Waals surface area contributed by atoms with Gasteiger partial charge in [-0.2, -0.15) is 0 Å². The highest BCUT2D eigenvalue weighted by Gasteiger charge is 2.23. The van der Waals surface area contributed by atoms with Crippen molar-refractivity contribution in [1.29, 1.82) is 0 Å². The second-order valence-electron chi connectivity index (χ2n) is 6.81. The van der Waals surface area contributed by atoms with Gasteiger partial charge in [-0.15, -0.1) is 0 Å². The first-order valence-corrected chi connectivity index (χ1v) is 10.5. The van der Waals surface area contributed by atoms with Crippen LogP contribution >= 0.6 is 0 Å². The Kier molecular flexibility index (Phi) is 5.99. The smallest absolute Gasteiger partial charge is 0.325 e. The van der Waals surface area contributed by atoms with E-state index in [1.54, 1.807) is 18.2 Å². The van der Waals surface area contributed by atoms with E-state index in [9.17, 15) is 18.0 Å². The standard InChI is InChI=1S/C20H22N2O5S/c1-14-4-2-6-17(10-14)22-28(25,26)18-7-3-5-16(11-18)20(24)21-12-19(23)27-13-15-8-9-15/h2-7,10-11,15,22H,8-9,12-13H2,1H3,(H,21,24). The molecule has 28 heavy (non-hydrogen) atoms. The molecule has 2 aromatic carbocycles. The number of carbonyl (C=O) groups excluding carboxylic acids is 2. The first kappa shape index (κ1) is 19.9. The van der Waals surface area contributed by atoms with Crippen LogP contribution in [0.25, 0.3) is 0 Å². The van der Waals surface area contributed by atoms with E-state index in [0.717, 1.165) is 18.4 Å². The fourth-order valence-corrected chi connectivity index (χ4v) is 3.62. The van der Waals surface area contributed by atoms with E-state index in [4.69, 9.17) is 4.74 Å². The summed E-state index contributed by atoms with van der Waals surface area (Å²) in [6.45, 7) is 1.98. The number of carbonyl (C=O) groups is 2. The zero-order valence-corrected chi connectivity index (χ0v) is 16.3. The summed E-state index contributed by atoms with van der Waals surface area (Å²) in [6.07, 6.45) is 2.13. The van der Waals surface area contributed by atoms with E-state index < -0.39 is 21.9 Å². The van der Waals surface area contributed by atoms with E-state index >= 15 is 0 Å². The van der Waals surface area contributed by atoms with Crippen molar-refractivity contribution in [2.75, 3.05) is 17.9 Å². The second-order valence-corrected chi connectivity index (χ2v) is 8.49. The topological polar surface area (TPSA) is 102 Å². The van der Waals surface area contributed by atoms with Gasteiger partial charge < -0.3 is 10.1 Å². The summed E-state index contributed by atoms with van der Waals surface area (Å²) < 4.78 is 32.7. The van der Waals surface area contributed by atoms with Gasteiger partial charge in [0.25, 0.3) is 15.9 Å². The summed E-state index contributed by atoms with van der Waals surface area (Å²) in [5.74, 6) is -0.608. The Hall–Kier alpha value is -2.87. The van der Waals surface area contributed by atoms with Crippen LogP contribution in [0.15, 0.2) is 53.4 Å². The highest BCUT2D eigenvalue weighted by atomic mass is 32.2. The monoisotopic (exact) mass is 402 g/mol. The van der Waals surface area contributed by atoms with Crippen molar-refractivity contribution in [3.05, 3.63) is 59.7 Å². The molecule has 2 aromatic rings. The maximum atomic E-state index is 12.6. The number of benzene rings is 2. The molecular formula is C20H22N2O5S. The molecule has 1 saturated carbocycles. The van der Waals surface area contributed by atoms with Crippen molar-refractivity contribution in [2.45, 2.75) is 24.7 Å². The highest BCUT2D eigenvalue weighted by molar-refractivity contribution is 7.92. The summed E-state index contributed by atoms with van der Waals surface area (Å²) in [6, 6.07) is 12.6. The molecule has 0 spiro atoms. The largest absolute Gasteiger partial charge is 0.464 e. The van der Waals surface area contributed by atoms with Crippen LogP contribution in [0.4, 0.5) is 5.69 Å². The van der Waals surface area contributed by atoms with Crippen LogP contribution in [0, 0.1) is 12.8 Å². The SMILES string of the molecule is Cc1cccc(NS(=O)(=O)c2cccc(C(=O)NCC(=O)OCC3CC3)c2)c1. The lowest BCUT2D eigenvalue weighted by atomic mass is 10.2. The third kappa shape index (κ3) is 5.56. The Balaban J connectivity index is 1.63. The summed E-state index contributed by atoms with van der Waals surface area (Å²) >= 11 is 0. The number of rotatable bonds is 8. The second kappa shape index (κ2) is 8.43. The molecule has 0 radical (unpaired) electrons. The molecule has 148 valence electrons. The molecule has 0 atom stereocenters. The van der Waals surface area contributed by atoms with Crippen LogP contribution in [-0.2, 0) is 19.6 Å². The number of hydrogen-bond donors (Lipinski definition) is 2. The summed E-state index contributed by atoms with van der Waals surface area (Å²) in [4.78, 5) is 23.8.